The van der Waals surface area contributed by atoms with Gasteiger partial charge in [-0.05, 0) is 61.5 Å². The van der Waals surface area contributed by atoms with Crippen LogP contribution >= 0.6 is 11.6 Å². The summed E-state index contributed by atoms with van der Waals surface area (Å²) in [6, 6.07) is 17.3. The normalized spacial score (nSPS) is 10.9. The maximum Gasteiger partial charge on any atom is 0.264 e. The van der Waals surface area contributed by atoms with Crippen molar-refractivity contribution >= 4 is 50.5 Å². The van der Waals surface area contributed by atoms with Crippen LogP contribution in [-0.4, -0.2) is 33.9 Å². The fourth-order valence-corrected chi connectivity index (χ4v) is 4.76. The lowest BCUT2D eigenvalue weighted by molar-refractivity contribution is -0.115. The van der Waals surface area contributed by atoms with Gasteiger partial charge in [-0.1, -0.05) is 29.3 Å². The molecule has 3 aromatic rings. The first-order valence-corrected chi connectivity index (χ1v) is 12.0. The van der Waals surface area contributed by atoms with E-state index in [0.29, 0.717) is 11.4 Å². The lowest BCUT2D eigenvalue weighted by Crippen LogP contribution is -2.38. The van der Waals surface area contributed by atoms with Crippen molar-refractivity contribution < 1.29 is 22.7 Å². The number of halogens is 1. The molecular formula is C24H24ClN3O5S. The van der Waals surface area contributed by atoms with Crippen LogP contribution in [0.3, 0.4) is 0 Å². The largest absolute Gasteiger partial charge is 0.495 e. The number of benzene rings is 3. The number of methoxy groups -OCH3 is 1. The quantitative estimate of drug-likeness (QED) is 0.474. The van der Waals surface area contributed by atoms with E-state index in [1.54, 1.807) is 42.5 Å². The maximum absolute atomic E-state index is 13.6. The summed E-state index contributed by atoms with van der Waals surface area (Å²) in [4.78, 5) is 24.1. The van der Waals surface area contributed by atoms with Gasteiger partial charge in [0, 0.05) is 23.3 Å². The average Bonchev–Trinajstić information content (AvgIpc) is 2.78. The number of nitrogens with one attached hydrogen (secondary N) is 2. The van der Waals surface area contributed by atoms with Gasteiger partial charge in [0.05, 0.1) is 17.7 Å². The summed E-state index contributed by atoms with van der Waals surface area (Å²) in [5, 5.41) is 5.60. The van der Waals surface area contributed by atoms with Crippen LogP contribution in [0.1, 0.15) is 12.5 Å². The molecule has 3 rings (SSSR count). The van der Waals surface area contributed by atoms with Crippen molar-refractivity contribution in [2.75, 3.05) is 28.6 Å². The monoisotopic (exact) mass is 501 g/mol. The molecule has 0 atom stereocenters. The Morgan fingerprint density at radius 2 is 1.53 bits per heavy atom. The van der Waals surface area contributed by atoms with Gasteiger partial charge in [0.1, 0.15) is 12.3 Å². The second kappa shape index (κ2) is 10.6. The molecule has 10 heteroatoms. The van der Waals surface area contributed by atoms with Crippen molar-refractivity contribution in [3.8, 4) is 5.75 Å². The summed E-state index contributed by atoms with van der Waals surface area (Å²) >= 11 is 6.14. The average molecular weight is 502 g/mol. The van der Waals surface area contributed by atoms with Crippen LogP contribution in [0, 0.1) is 6.92 Å². The van der Waals surface area contributed by atoms with Gasteiger partial charge in [-0.3, -0.25) is 13.9 Å². The summed E-state index contributed by atoms with van der Waals surface area (Å²) in [6.07, 6.45) is 0. The number of hydrogen-bond donors (Lipinski definition) is 2. The summed E-state index contributed by atoms with van der Waals surface area (Å²) in [5.74, 6) is -0.554. The molecule has 2 amide bonds. The van der Waals surface area contributed by atoms with Crippen molar-refractivity contribution in [3.05, 3.63) is 77.3 Å². The fourth-order valence-electron chi connectivity index (χ4n) is 3.17. The van der Waals surface area contributed by atoms with E-state index in [9.17, 15) is 18.0 Å². The minimum atomic E-state index is -4.14. The first-order valence-electron chi connectivity index (χ1n) is 10.2. The maximum atomic E-state index is 13.6. The van der Waals surface area contributed by atoms with Crippen molar-refractivity contribution in [2.45, 2.75) is 18.7 Å². The van der Waals surface area contributed by atoms with E-state index < -0.39 is 22.5 Å². The van der Waals surface area contributed by atoms with Gasteiger partial charge in [0.25, 0.3) is 10.0 Å². The third-order valence-electron chi connectivity index (χ3n) is 4.79. The number of ether oxygens (including phenoxy) is 1. The number of sulfonamides is 1. The van der Waals surface area contributed by atoms with Crippen molar-refractivity contribution in [1.29, 1.82) is 0 Å². The molecule has 0 saturated carbocycles. The molecule has 178 valence electrons. The van der Waals surface area contributed by atoms with Crippen LogP contribution in [0.5, 0.6) is 5.75 Å². The molecule has 0 fully saturated rings. The van der Waals surface area contributed by atoms with Crippen LogP contribution in [0.2, 0.25) is 5.02 Å². The second-order valence-corrected chi connectivity index (χ2v) is 9.75. The molecule has 0 spiro atoms. The molecule has 34 heavy (non-hydrogen) atoms. The number of aryl methyl sites for hydroxylation is 1. The highest BCUT2D eigenvalue weighted by atomic mass is 35.5. The van der Waals surface area contributed by atoms with E-state index in [1.165, 1.54) is 38.3 Å². The highest BCUT2D eigenvalue weighted by Crippen LogP contribution is 2.35. The molecule has 0 aromatic heterocycles. The Bertz CT molecular complexity index is 1290. The molecule has 3 aromatic carbocycles. The molecule has 0 heterocycles. The molecule has 0 saturated heterocycles. The Kier molecular flexibility index (Phi) is 7.80. The van der Waals surface area contributed by atoms with Gasteiger partial charge in [0.15, 0.2) is 0 Å². The van der Waals surface area contributed by atoms with Gasteiger partial charge in [-0.2, -0.15) is 0 Å². The van der Waals surface area contributed by atoms with Gasteiger partial charge in [-0.15, -0.1) is 0 Å². The van der Waals surface area contributed by atoms with Crippen LogP contribution < -0.4 is 19.7 Å². The molecule has 2 N–H and O–H groups in total. The highest BCUT2D eigenvalue weighted by Gasteiger charge is 2.29. The number of rotatable bonds is 8. The van der Waals surface area contributed by atoms with E-state index in [2.05, 4.69) is 10.6 Å². The second-order valence-electron chi connectivity index (χ2n) is 7.45. The summed E-state index contributed by atoms with van der Waals surface area (Å²) in [7, 11) is -2.74. The Hall–Kier alpha value is -3.56. The van der Waals surface area contributed by atoms with Crippen molar-refractivity contribution in [3.63, 3.8) is 0 Å². The molecule has 8 nitrogen and oxygen atoms in total. The van der Waals surface area contributed by atoms with E-state index in [0.717, 1.165) is 9.87 Å². The topological polar surface area (TPSA) is 105 Å². The van der Waals surface area contributed by atoms with E-state index in [-0.39, 0.29) is 27.3 Å². The minimum Gasteiger partial charge on any atom is -0.495 e. The summed E-state index contributed by atoms with van der Waals surface area (Å²) < 4.78 is 33.4. The van der Waals surface area contributed by atoms with Crippen LogP contribution in [-0.2, 0) is 19.6 Å². The molecular weight excluding hydrogens is 478 g/mol. The van der Waals surface area contributed by atoms with E-state index in [4.69, 9.17) is 16.3 Å². The Balaban J connectivity index is 1.94. The van der Waals surface area contributed by atoms with Crippen molar-refractivity contribution in [1.82, 2.24) is 0 Å². The van der Waals surface area contributed by atoms with Gasteiger partial charge in [-0.25, -0.2) is 8.42 Å². The lowest BCUT2D eigenvalue weighted by Gasteiger charge is -2.26. The zero-order valence-corrected chi connectivity index (χ0v) is 20.4. The highest BCUT2D eigenvalue weighted by molar-refractivity contribution is 7.92. The van der Waals surface area contributed by atoms with Crippen molar-refractivity contribution in [2.24, 2.45) is 0 Å². The van der Waals surface area contributed by atoms with E-state index >= 15 is 0 Å². The summed E-state index contributed by atoms with van der Waals surface area (Å²) in [5.41, 5.74) is 2.03. The van der Waals surface area contributed by atoms with Gasteiger partial charge >= 0.3 is 0 Å². The predicted octanol–water partition coefficient (Wildman–Crippen LogP) is 4.45. The molecule has 0 aliphatic rings. The number of hydrogen-bond acceptors (Lipinski definition) is 5. The van der Waals surface area contributed by atoms with Gasteiger partial charge in [0.2, 0.25) is 11.8 Å². The van der Waals surface area contributed by atoms with E-state index in [1.807, 2.05) is 6.92 Å². The van der Waals surface area contributed by atoms with Crippen LogP contribution in [0.4, 0.5) is 17.1 Å². The molecule has 0 bridgehead atoms. The number of anilines is 3. The zero-order valence-electron chi connectivity index (χ0n) is 18.8. The minimum absolute atomic E-state index is 0.0209. The van der Waals surface area contributed by atoms with Crippen LogP contribution in [0.25, 0.3) is 0 Å². The molecule has 0 radical (unpaired) electrons. The smallest absolute Gasteiger partial charge is 0.264 e. The third kappa shape index (κ3) is 6.06. The molecule has 0 aliphatic heterocycles. The molecule has 0 aliphatic carbocycles. The molecule has 0 unspecified atom stereocenters. The van der Waals surface area contributed by atoms with Crippen LogP contribution in [0.15, 0.2) is 71.6 Å². The summed E-state index contributed by atoms with van der Waals surface area (Å²) in [6.45, 7) is 2.71. The lowest BCUT2D eigenvalue weighted by atomic mass is 10.2. The Labute approximate surface area is 203 Å². The standard InChI is InChI=1S/C24H24ClN3O5S/c1-16-4-11-21(12-5-16)34(31,32)28(22-14-18(25)6-13-23(22)33-3)15-24(30)27-20-9-7-19(8-10-20)26-17(2)29/h4-14H,15H2,1-3H3,(H,26,29)(H,27,30). The van der Waals surface area contributed by atoms with Gasteiger partial charge < -0.3 is 15.4 Å². The SMILES string of the molecule is COc1ccc(Cl)cc1N(CC(=O)Nc1ccc(NC(C)=O)cc1)S(=O)(=O)c1ccc(C)cc1. The Morgan fingerprint density at radius 1 is 0.941 bits per heavy atom. The number of nitrogens with zero attached hydrogens (tertiary/aromatic N) is 1. The number of carbonyl (C=O) groups is 2. The zero-order chi connectivity index (χ0) is 24.9. The third-order valence-corrected chi connectivity index (χ3v) is 6.80. The number of carbonyl (C=O) groups excluding carboxylic acids is 2. The Morgan fingerprint density at radius 3 is 2.09 bits per heavy atom. The number of amides is 2. The fraction of sp³-hybridized carbons (Fsp3) is 0.167. The first kappa shape index (κ1) is 25.1. The first-order chi connectivity index (χ1) is 16.1. The predicted molar refractivity (Wildman–Crippen MR) is 133 cm³/mol.